The van der Waals surface area contributed by atoms with Gasteiger partial charge in [-0.3, -0.25) is 0 Å². The van der Waals surface area contributed by atoms with Crippen LogP contribution in [0.15, 0.2) is 91.1 Å². The maximum atomic E-state index is 7.27. The largest absolute Gasteiger partial charge is 0.403 e. The van der Waals surface area contributed by atoms with Crippen molar-refractivity contribution in [2.45, 2.75) is 59.1 Å². The van der Waals surface area contributed by atoms with Crippen molar-refractivity contribution in [2.75, 3.05) is 6.54 Å². The van der Waals surface area contributed by atoms with Gasteiger partial charge in [0, 0.05) is 35.1 Å². The van der Waals surface area contributed by atoms with Gasteiger partial charge in [-0.15, -0.1) is 0 Å². The molecule has 3 nitrogen and oxygen atoms in total. The third kappa shape index (κ3) is 5.51. The van der Waals surface area contributed by atoms with Crippen LogP contribution in [0.1, 0.15) is 46.1 Å². The Hall–Kier alpha value is -2.66. The highest BCUT2D eigenvalue weighted by Gasteiger charge is 2.54. The molecule has 2 N–H and O–H groups in total. The van der Waals surface area contributed by atoms with E-state index >= 15 is 0 Å². The van der Waals surface area contributed by atoms with E-state index in [-0.39, 0.29) is 16.9 Å². The lowest BCUT2D eigenvalue weighted by Crippen LogP contribution is -2.54. The Kier molecular flexibility index (Phi) is 7.20. The fraction of sp³-hybridized carbons (Fsp3) is 0.375. The highest BCUT2D eigenvalue weighted by Crippen LogP contribution is 2.54. The minimum Gasteiger partial charge on any atom is -0.403 e. The smallest absolute Gasteiger partial charge is 0.283 e. The SMILES string of the molecule is CC(Cc1c[nH]c2ccccc12)NCC1(C(O[Si](c2ccccc2)c2ccccc2)C(C)(C)C)CC1. The quantitative estimate of drug-likeness (QED) is 0.277. The Balaban J connectivity index is 1.33. The van der Waals surface area contributed by atoms with E-state index in [9.17, 15) is 0 Å². The fourth-order valence-corrected chi connectivity index (χ4v) is 8.03. The second-order valence-corrected chi connectivity index (χ2v) is 13.7. The van der Waals surface area contributed by atoms with E-state index in [1.165, 1.54) is 39.7 Å². The number of fused-ring (bicyclic) bond motifs is 1. The Bertz CT molecular complexity index is 1220. The molecule has 2 unspecified atom stereocenters. The lowest BCUT2D eigenvalue weighted by molar-refractivity contribution is 0.0215. The van der Waals surface area contributed by atoms with Crippen LogP contribution in [0.3, 0.4) is 0 Å². The molecule has 187 valence electrons. The van der Waals surface area contributed by atoms with E-state index in [4.69, 9.17) is 4.43 Å². The average molecular weight is 496 g/mol. The summed E-state index contributed by atoms with van der Waals surface area (Å²) in [5.74, 6) is 0. The van der Waals surface area contributed by atoms with Crippen LogP contribution in [0.25, 0.3) is 10.9 Å². The molecule has 0 bridgehead atoms. The van der Waals surface area contributed by atoms with Crippen molar-refractivity contribution in [1.82, 2.24) is 10.3 Å². The molecule has 1 aliphatic carbocycles. The molecule has 0 spiro atoms. The van der Waals surface area contributed by atoms with Crippen molar-refractivity contribution in [2.24, 2.45) is 10.8 Å². The number of rotatable bonds is 10. The minimum atomic E-state index is -1.36. The van der Waals surface area contributed by atoms with Gasteiger partial charge in [-0.1, -0.05) is 99.6 Å². The zero-order valence-corrected chi connectivity index (χ0v) is 23.1. The highest BCUT2D eigenvalue weighted by atomic mass is 28.3. The third-order valence-electron chi connectivity index (χ3n) is 7.55. The molecular formula is C32H39N2OSi. The first-order valence-electron chi connectivity index (χ1n) is 13.3. The predicted octanol–water partition coefficient (Wildman–Crippen LogP) is 5.71. The van der Waals surface area contributed by atoms with E-state index in [2.05, 4.69) is 129 Å². The molecular weight excluding hydrogens is 456 g/mol. The van der Waals surface area contributed by atoms with Crippen LogP contribution in [-0.4, -0.2) is 32.7 Å². The molecule has 0 aliphatic heterocycles. The van der Waals surface area contributed by atoms with E-state index < -0.39 is 9.04 Å². The van der Waals surface area contributed by atoms with Crippen molar-refractivity contribution in [3.63, 3.8) is 0 Å². The Morgan fingerprint density at radius 3 is 2.06 bits per heavy atom. The van der Waals surface area contributed by atoms with Gasteiger partial charge < -0.3 is 14.7 Å². The maximum absolute atomic E-state index is 7.27. The molecule has 36 heavy (non-hydrogen) atoms. The van der Waals surface area contributed by atoms with Crippen LogP contribution in [0, 0.1) is 10.8 Å². The lowest BCUT2D eigenvalue weighted by atomic mass is 9.79. The molecule has 1 heterocycles. The zero-order valence-electron chi connectivity index (χ0n) is 22.1. The van der Waals surface area contributed by atoms with Gasteiger partial charge in [-0.2, -0.15) is 0 Å². The Morgan fingerprint density at radius 1 is 0.889 bits per heavy atom. The molecule has 1 saturated carbocycles. The van der Waals surface area contributed by atoms with Crippen molar-refractivity contribution in [1.29, 1.82) is 0 Å². The first-order chi connectivity index (χ1) is 17.4. The molecule has 2 atom stereocenters. The van der Waals surface area contributed by atoms with Crippen LogP contribution < -0.4 is 15.7 Å². The first kappa shape index (κ1) is 25.0. The van der Waals surface area contributed by atoms with Gasteiger partial charge in [0.15, 0.2) is 0 Å². The average Bonchev–Trinajstić information content (AvgIpc) is 3.56. The Morgan fingerprint density at radius 2 is 1.47 bits per heavy atom. The lowest BCUT2D eigenvalue weighted by Gasteiger charge is -2.40. The summed E-state index contributed by atoms with van der Waals surface area (Å²) in [6.07, 6.45) is 5.82. The van der Waals surface area contributed by atoms with Crippen LogP contribution in [0.5, 0.6) is 0 Å². The standard InChI is InChI=1S/C32H39N2OSi/c1-24(21-25-22-33-29-18-12-11-17-28(25)29)34-23-32(19-20-32)30(31(2,3)4)35-36(26-13-7-5-8-14-26)27-15-9-6-10-16-27/h5-18,22,24,30,33-34H,19-21,23H2,1-4H3. The van der Waals surface area contributed by atoms with Gasteiger partial charge in [0.25, 0.3) is 9.04 Å². The molecule has 1 aliphatic rings. The number of hydrogen-bond donors (Lipinski definition) is 2. The second kappa shape index (κ2) is 10.4. The topological polar surface area (TPSA) is 37.0 Å². The molecule has 5 rings (SSSR count). The van der Waals surface area contributed by atoms with Crippen molar-refractivity contribution in [3.05, 3.63) is 96.7 Å². The normalized spacial score (nSPS) is 16.8. The Labute approximate surface area is 218 Å². The number of H-pyrrole nitrogens is 1. The van der Waals surface area contributed by atoms with E-state index in [1.807, 2.05) is 0 Å². The summed E-state index contributed by atoms with van der Waals surface area (Å²) in [5.41, 5.74) is 2.85. The van der Waals surface area contributed by atoms with Crippen LogP contribution in [0.2, 0.25) is 0 Å². The van der Waals surface area contributed by atoms with Crippen molar-refractivity contribution in [3.8, 4) is 0 Å². The summed E-state index contributed by atoms with van der Waals surface area (Å²) in [4.78, 5) is 3.42. The molecule has 4 aromatic rings. The summed E-state index contributed by atoms with van der Waals surface area (Å²) in [7, 11) is -1.36. The van der Waals surface area contributed by atoms with E-state index in [1.54, 1.807) is 0 Å². The number of aromatic nitrogens is 1. The van der Waals surface area contributed by atoms with Crippen LogP contribution >= 0.6 is 0 Å². The third-order valence-corrected chi connectivity index (χ3v) is 9.73. The minimum absolute atomic E-state index is 0.0533. The number of hydrogen-bond acceptors (Lipinski definition) is 2. The van der Waals surface area contributed by atoms with Crippen molar-refractivity contribution < 1.29 is 4.43 Å². The van der Waals surface area contributed by atoms with Crippen molar-refractivity contribution >= 4 is 30.3 Å². The van der Waals surface area contributed by atoms with Gasteiger partial charge in [-0.25, -0.2) is 0 Å². The number of aromatic amines is 1. The molecule has 1 aromatic heterocycles. The maximum Gasteiger partial charge on any atom is 0.283 e. The highest BCUT2D eigenvalue weighted by molar-refractivity contribution is 6.80. The molecule has 1 fully saturated rings. The zero-order chi connectivity index (χ0) is 25.2. The summed E-state index contributed by atoms with van der Waals surface area (Å²) in [6.45, 7) is 10.4. The first-order valence-corrected chi connectivity index (χ1v) is 14.7. The molecule has 0 amide bonds. The van der Waals surface area contributed by atoms with Crippen LogP contribution in [-0.2, 0) is 10.8 Å². The number of benzene rings is 3. The predicted molar refractivity (Wildman–Crippen MR) is 153 cm³/mol. The summed E-state index contributed by atoms with van der Waals surface area (Å²) in [6, 6.07) is 30.7. The number of para-hydroxylation sites is 1. The van der Waals surface area contributed by atoms with Gasteiger partial charge in [0.1, 0.15) is 0 Å². The fourth-order valence-electron chi connectivity index (χ4n) is 5.59. The van der Waals surface area contributed by atoms with E-state index in [0.717, 1.165) is 13.0 Å². The van der Waals surface area contributed by atoms with Gasteiger partial charge in [0.05, 0.1) is 6.10 Å². The summed E-state index contributed by atoms with van der Waals surface area (Å²) < 4.78 is 7.27. The van der Waals surface area contributed by atoms with Gasteiger partial charge in [-0.05, 0) is 53.6 Å². The van der Waals surface area contributed by atoms with Gasteiger partial charge in [0.2, 0.25) is 0 Å². The molecule has 0 saturated heterocycles. The molecule has 4 heteroatoms. The van der Waals surface area contributed by atoms with Crippen LogP contribution in [0.4, 0.5) is 0 Å². The summed E-state index contributed by atoms with van der Waals surface area (Å²) in [5, 5.41) is 7.88. The monoisotopic (exact) mass is 495 g/mol. The summed E-state index contributed by atoms with van der Waals surface area (Å²) >= 11 is 0. The van der Waals surface area contributed by atoms with Gasteiger partial charge >= 0.3 is 0 Å². The molecule has 3 aromatic carbocycles. The number of nitrogens with one attached hydrogen (secondary N) is 2. The molecule has 1 radical (unpaired) electrons. The van der Waals surface area contributed by atoms with E-state index in [0.29, 0.717) is 6.04 Å². The second-order valence-electron chi connectivity index (χ2n) is 11.6.